The molecule has 0 unspecified atom stereocenters. The Morgan fingerprint density at radius 1 is 1.69 bits per heavy atom. The molecule has 1 aromatic heterocycles. The third kappa shape index (κ3) is 2.74. The number of anilines is 1. The highest BCUT2D eigenvalue weighted by atomic mass is 35.5. The van der Waals surface area contributed by atoms with Crippen LogP contribution in [0.4, 0.5) is 5.82 Å². The van der Waals surface area contributed by atoms with Crippen molar-refractivity contribution in [1.82, 2.24) is 9.97 Å². The maximum Gasteiger partial charge on any atom is 0.313 e. The van der Waals surface area contributed by atoms with Gasteiger partial charge in [0.1, 0.15) is 22.2 Å². The van der Waals surface area contributed by atoms with Gasteiger partial charge in [0.15, 0.2) is 0 Å². The summed E-state index contributed by atoms with van der Waals surface area (Å²) < 4.78 is 0. The SMILES string of the molecule is Nc1ncnc(SCC(=O)O)c1Cl. The lowest BCUT2D eigenvalue weighted by Gasteiger charge is -2.01. The van der Waals surface area contributed by atoms with Crippen LogP contribution in [-0.4, -0.2) is 26.8 Å². The summed E-state index contributed by atoms with van der Waals surface area (Å²) in [7, 11) is 0. The zero-order chi connectivity index (χ0) is 9.84. The summed E-state index contributed by atoms with van der Waals surface area (Å²) in [6.07, 6.45) is 1.24. The van der Waals surface area contributed by atoms with Gasteiger partial charge in [0.2, 0.25) is 0 Å². The van der Waals surface area contributed by atoms with Crippen molar-refractivity contribution in [3.63, 3.8) is 0 Å². The number of nitrogen functional groups attached to an aromatic ring is 1. The number of carboxylic acids is 1. The largest absolute Gasteiger partial charge is 0.481 e. The topological polar surface area (TPSA) is 89.1 Å². The van der Waals surface area contributed by atoms with Gasteiger partial charge in [-0.1, -0.05) is 23.4 Å². The Balaban J connectivity index is 2.77. The van der Waals surface area contributed by atoms with Gasteiger partial charge in [0, 0.05) is 0 Å². The number of thioether (sulfide) groups is 1. The molecule has 0 fully saturated rings. The highest BCUT2D eigenvalue weighted by Gasteiger charge is 2.08. The Morgan fingerprint density at radius 3 is 3.00 bits per heavy atom. The summed E-state index contributed by atoms with van der Waals surface area (Å²) in [4.78, 5) is 17.7. The van der Waals surface area contributed by atoms with Crippen LogP contribution in [0.1, 0.15) is 0 Å². The van der Waals surface area contributed by atoms with Crippen molar-refractivity contribution in [2.75, 3.05) is 11.5 Å². The van der Waals surface area contributed by atoms with E-state index in [0.717, 1.165) is 11.8 Å². The minimum absolute atomic E-state index is 0.101. The molecule has 0 aromatic carbocycles. The number of nitrogens with two attached hydrogens (primary N) is 1. The van der Waals surface area contributed by atoms with Crippen molar-refractivity contribution in [3.8, 4) is 0 Å². The molecule has 1 aromatic rings. The molecule has 70 valence electrons. The van der Waals surface area contributed by atoms with E-state index in [1.807, 2.05) is 0 Å². The normalized spacial score (nSPS) is 9.92. The molecular weight excluding hydrogens is 214 g/mol. The molecule has 0 radical (unpaired) electrons. The number of carbonyl (C=O) groups is 1. The van der Waals surface area contributed by atoms with E-state index in [4.69, 9.17) is 22.4 Å². The van der Waals surface area contributed by atoms with E-state index in [2.05, 4.69) is 9.97 Å². The summed E-state index contributed by atoms with van der Waals surface area (Å²) in [6, 6.07) is 0. The Kier molecular flexibility index (Phi) is 3.32. The molecule has 13 heavy (non-hydrogen) atoms. The molecule has 0 saturated carbocycles. The van der Waals surface area contributed by atoms with Gasteiger partial charge < -0.3 is 10.8 Å². The van der Waals surface area contributed by atoms with Crippen molar-refractivity contribution in [2.24, 2.45) is 0 Å². The zero-order valence-corrected chi connectivity index (χ0v) is 7.97. The second-order valence-corrected chi connectivity index (χ2v) is 3.40. The molecule has 0 spiro atoms. The summed E-state index contributed by atoms with van der Waals surface area (Å²) in [5, 5.41) is 8.98. The van der Waals surface area contributed by atoms with Crippen LogP contribution >= 0.6 is 23.4 Å². The number of aromatic nitrogens is 2. The first-order chi connectivity index (χ1) is 6.11. The lowest BCUT2D eigenvalue weighted by Crippen LogP contribution is -2.00. The lowest BCUT2D eigenvalue weighted by molar-refractivity contribution is -0.133. The molecule has 5 nitrogen and oxygen atoms in total. The first-order valence-electron chi connectivity index (χ1n) is 3.22. The average Bonchev–Trinajstić information content (AvgIpc) is 2.07. The second kappa shape index (κ2) is 4.29. The third-order valence-corrected chi connectivity index (χ3v) is 2.58. The van der Waals surface area contributed by atoms with Gasteiger partial charge in [-0.05, 0) is 0 Å². The fourth-order valence-corrected chi connectivity index (χ4v) is 1.47. The summed E-state index contributed by atoms with van der Waals surface area (Å²) in [6.45, 7) is 0. The van der Waals surface area contributed by atoms with Crippen LogP contribution in [0, 0.1) is 0 Å². The van der Waals surface area contributed by atoms with Crippen LogP contribution in [0.2, 0.25) is 5.02 Å². The Labute approximate surface area is 83.3 Å². The molecule has 0 aliphatic heterocycles. The molecule has 7 heteroatoms. The smallest absolute Gasteiger partial charge is 0.313 e. The molecule has 1 rings (SSSR count). The molecule has 0 atom stereocenters. The van der Waals surface area contributed by atoms with Gasteiger partial charge in [-0.25, -0.2) is 9.97 Å². The number of hydrogen-bond donors (Lipinski definition) is 2. The molecule has 0 amide bonds. The molecule has 3 N–H and O–H groups in total. The van der Waals surface area contributed by atoms with Gasteiger partial charge in [-0.2, -0.15) is 0 Å². The van der Waals surface area contributed by atoms with E-state index in [0.29, 0.717) is 5.03 Å². The van der Waals surface area contributed by atoms with Gasteiger partial charge in [0.05, 0.1) is 5.75 Å². The number of carboxylic acid groups (broad SMARTS) is 1. The third-order valence-electron chi connectivity index (χ3n) is 1.12. The molecule has 0 aliphatic carbocycles. The average molecular weight is 220 g/mol. The van der Waals surface area contributed by atoms with Crippen LogP contribution in [-0.2, 0) is 4.79 Å². The van der Waals surface area contributed by atoms with E-state index in [1.54, 1.807) is 0 Å². The van der Waals surface area contributed by atoms with Gasteiger partial charge in [-0.15, -0.1) is 0 Å². The fourth-order valence-electron chi connectivity index (χ4n) is 0.597. The summed E-state index contributed by atoms with van der Waals surface area (Å²) in [5.41, 5.74) is 5.38. The Hall–Kier alpha value is -1.01. The standard InChI is InChI=1S/C6H6ClN3O2S/c7-4-5(8)9-2-10-6(4)13-1-3(11)12/h2H,1H2,(H,11,12)(H2,8,9,10). The van der Waals surface area contributed by atoms with Crippen LogP contribution < -0.4 is 5.73 Å². The zero-order valence-electron chi connectivity index (χ0n) is 6.40. The van der Waals surface area contributed by atoms with Crippen LogP contribution in [0.15, 0.2) is 11.4 Å². The van der Waals surface area contributed by atoms with E-state index in [-0.39, 0.29) is 16.6 Å². The highest BCUT2D eigenvalue weighted by Crippen LogP contribution is 2.27. The quantitative estimate of drug-likeness (QED) is 0.580. The molecule has 1 heterocycles. The minimum atomic E-state index is -0.932. The summed E-state index contributed by atoms with van der Waals surface area (Å²) >= 11 is 6.72. The predicted molar refractivity (Wildman–Crippen MR) is 49.8 cm³/mol. The summed E-state index contributed by atoms with van der Waals surface area (Å²) in [5.74, 6) is -0.876. The first-order valence-corrected chi connectivity index (χ1v) is 4.58. The number of halogens is 1. The van der Waals surface area contributed by atoms with Gasteiger partial charge in [-0.3, -0.25) is 4.79 Å². The van der Waals surface area contributed by atoms with Gasteiger partial charge in [0.25, 0.3) is 0 Å². The van der Waals surface area contributed by atoms with Crippen molar-refractivity contribution < 1.29 is 9.90 Å². The maximum absolute atomic E-state index is 10.2. The first kappa shape index (κ1) is 10.1. The lowest BCUT2D eigenvalue weighted by atomic mass is 10.6. The monoisotopic (exact) mass is 219 g/mol. The molecule has 0 aliphatic rings. The second-order valence-electron chi connectivity index (χ2n) is 2.06. The number of rotatable bonds is 3. The molecular formula is C6H6ClN3O2S. The minimum Gasteiger partial charge on any atom is -0.481 e. The maximum atomic E-state index is 10.2. The van der Waals surface area contributed by atoms with Crippen LogP contribution in [0.25, 0.3) is 0 Å². The number of aliphatic carboxylic acids is 1. The van der Waals surface area contributed by atoms with Crippen molar-refractivity contribution >= 4 is 35.1 Å². The molecule has 0 saturated heterocycles. The van der Waals surface area contributed by atoms with Gasteiger partial charge >= 0.3 is 5.97 Å². The Morgan fingerprint density at radius 2 is 2.38 bits per heavy atom. The molecule has 0 bridgehead atoms. The van der Waals surface area contributed by atoms with E-state index >= 15 is 0 Å². The Bertz CT molecular complexity index is 334. The van der Waals surface area contributed by atoms with Crippen molar-refractivity contribution in [2.45, 2.75) is 5.03 Å². The van der Waals surface area contributed by atoms with E-state index in [1.165, 1.54) is 6.33 Å². The number of hydrogen-bond acceptors (Lipinski definition) is 5. The van der Waals surface area contributed by atoms with Crippen LogP contribution in [0.5, 0.6) is 0 Å². The predicted octanol–water partition coefficient (Wildman–Crippen LogP) is 0.889. The van der Waals surface area contributed by atoms with Crippen molar-refractivity contribution in [1.29, 1.82) is 0 Å². The van der Waals surface area contributed by atoms with E-state index < -0.39 is 5.97 Å². The van der Waals surface area contributed by atoms with Crippen molar-refractivity contribution in [3.05, 3.63) is 11.3 Å². The fraction of sp³-hybridized carbons (Fsp3) is 0.167. The van der Waals surface area contributed by atoms with Crippen LogP contribution in [0.3, 0.4) is 0 Å². The highest BCUT2D eigenvalue weighted by molar-refractivity contribution is 8.00. The van der Waals surface area contributed by atoms with E-state index in [9.17, 15) is 4.79 Å². The number of nitrogens with zero attached hydrogens (tertiary/aromatic N) is 2.